The number of benzene rings is 1. The van der Waals surface area contributed by atoms with Gasteiger partial charge in [0.15, 0.2) is 0 Å². The molecule has 4 rings (SSSR count). The number of aliphatic hydroxyl groups is 1. The van der Waals surface area contributed by atoms with Crippen molar-refractivity contribution in [3.8, 4) is 0 Å². The molecule has 1 aromatic rings. The van der Waals surface area contributed by atoms with E-state index < -0.39 is 18.0 Å². The summed E-state index contributed by atoms with van der Waals surface area (Å²) in [5, 5.41) is 21.8. The Morgan fingerprint density at radius 2 is 2.06 bits per heavy atom. The molecule has 6 nitrogen and oxygen atoms in total. The monoisotopic (exact) mass is 475 g/mol. The van der Waals surface area contributed by atoms with Gasteiger partial charge in [0.25, 0.3) is 0 Å². The normalized spacial score (nSPS) is 30.6. The first kappa shape index (κ1) is 25.1. The van der Waals surface area contributed by atoms with Crippen LogP contribution in [0, 0.1) is 17.7 Å². The van der Waals surface area contributed by atoms with Crippen molar-refractivity contribution in [1.82, 2.24) is 4.90 Å². The molecule has 0 aliphatic carbocycles. The zero-order chi connectivity index (χ0) is 21.6. The number of carboxylic acids is 1. The molecule has 3 aliphatic heterocycles. The first-order chi connectivity index (χ1) is 14.3. The number of fused-ring (bicyclic) bond motifs is 1. The average molecular weight is 476 g/mol. The van der Waals surface area contributed by atoms with Crippen molar-refractivity contribution in [3.63, 3.8) is 0 Å². The fourth-order valence-electron chi connectivity index (χ4n) is 4.44. The van der Waals surface area contributed by atoms with Gasteiger partial charge < -0.3 is 24.6 Å². The second kappa shape index (κ2) is 10.2. The smallest absolute Gasteiger partial charge is 0.543 e. The number of carbonyl (C=O) groups is 2. The Morgan fingerprint density at radius 3 is 2.68 bits per heavy atom. The molecule has 1 aromatic carbocycles. The van der Waals surface area contributed by atoms with E-state index in [-0.39, 0.29) is 70.3 Å². The summed E-state index contributed by atoms with van der Waals surface area (Å²) in [6, 6.07) is 5.99. The van der Waals surface area contributed by atoms with Crippen LogP contribution in [0.2, 0.25) is 0 Å². The Morgan fingerprint density at radius 1 is 1.39 bits per heavy atom. The van der Waals surface area contributed by atoms with Gasteiger partial charge in [-0.2, -0.15) is 0 Å². The van der Waals surface area contributed by atoms with Crippen molar-refractivity contribution in [2.45, 2.75) is 48.7 Å². The van der Waals surface area contributed by atoms with E-state index in [0.717, 1.165) is 17.1 Å². The third-order valence-electron chi connectivity index (χ3n) is 5.89. The van der Waals surface area contributed by atoms with E-state index in [1.165, 1.54) is 28.8 Å². The zero-order valence-electron chi connectivity index (χ0n) is 17.6. The molecule has 1 amide bonds. The predicted octanol–water partition coefficient (Wildman–Crippen LogP) is -1.37. The van der Waals surface area contributed by atoms with E-state index in [4.69, 9.17) is 4.74 Å². The van der Waals surface area contributed by atoms with Crippen LogP contribution < -0.4 is 34.7 Å². The third-order valence-corrected chi connectivity index (χ3v) is 8.51. The van der Waals surface area contributed by atoms with Crippen LogP contribution in [-0.4, -0.2) is 57.7 Å². The Kier molecular flexibility index (Phi) is 8.22. The number of hydrogen-bond acceptors (Lipinski definition) is 7. The van der Waals surface area contributed by atoms with E-state index in [1.54, 1.807) is 30.8 Å². The number of carboxylic acid groups (broad SMARTS) is 1. The fourth-order valence-corrected chi connectivity index (χ4v) is 6.84. The Hall–Kier alpha value is -0.550. The largest absolute Gasteiger partial charge is 1.00 e. The summed E-state index contributed by atoms with van der Waals surface area (Å²) in [5.41, 5.74) is -0.0523. The van der Waals surface area contributed by atoms with E-state index in [0.29, 0.717) is 11.5 Å². The summed E-state index contributed by atoms with van der Waals surface area (Å²) in [6.45, 7) is 3.95. The standard InChI is InChI=1S/C21H24FNO5S2.Na/c1-10-17-16(11(2)24)20(25)23(17)18(21(26)27)19(10)30-15-7-13(28-8-15)9-29-14-5-3-12(22)4-6-14;/h3-6,10-11,13,15-17,24H,7-9H2,1-2H3,(H,26,27);/q;+1/p-1. The summed E-state index contributed by atoms with van der Waals surface area (Å²) in [7, 11) is 0. The molecular formula is C21H23FNNaO5S2. The quantitative estimate of drug-likeness (QED) is 0.296. The molecule has 1 N–H and O–H groups in total. The predicted molar refractivity (Wildman–Crippen MR) is 110 cm³/mol. The number of halogens is 1. The van der Waals surface area contributed by atoms with Gasteiger partial charge in [-0.05, 0) is 37.6 Å². The van der Waals surface area contributed by atoms with E-state index >= 15 is 0 Å². The third kappa shape index (κ3) is 4.88. The molecule has 3 aliphatic rings. The molecule has 3 heterocycles. The second-order valence-electron chi connectivity index (χ2n) is 7.95. The fraction of sp³-hybridized carbons (Fsp3) is 0.524. The van der Waals surface area contributed by atoms with Crippen LogP contribution in [0.25, 0.3) is 0 Å². The molecule has 2 saturated heterocycles. The summed E-state index contributed by atoms with van der Waals surface area (Å²) in [5.74, 6) is -2.00. The SMILES string of the molecule is CC(O)C1C(=O)N2C(C(=O)[O-])=C(SC3COC(CSc4ccc(F)cc4)C3)C(C)C12.[Na+]. The Balaban J connectivity index is 0.00000272. The van der Waals surface area contributed by atoms with Crippen molar-refractivity contribution < 1.29 is 58.5 Å². The minimum atomic E-state index is -1.36. The van der Waals surface area contributed by atoms with E-state index in [2.05, 4.69) is 0 Å². The van der Waals surface area contributed by atoms with Crippen LogP contribution in [0.4, 0.5) is 4.39 Å². The van der Waals surface area contributed by atoms with Crippen LogP contribution in [0.3, 0.4) is 0 Å². The number of β-lactam (4-membered cyclic amide) rings is 1. The molecule has 0 bridgehead atoms. The molecular weight excluding hydrogens is 452 g/mol. The van der Waals surface area contributed by atoms with Gasteiger partial charge in [0.05, 0.1) is 42.4 Å². The molecule has 0 saturated carbocycles. The first-order valence-corrected chi connectivity index (χ1v) is 11.8. The maximum atomic E-state index is 13.0. The van der Waals surface area contributed by atoms with Crippen LogP contribution in [0.5, 0.6) is 0 Å². The molecule has 0 spiro atoms. The minimum absolute atomic E-state index is 0. The Bertz CT molecular complexity index is 881. The van der Waals surface area contributed by atoms with Gasteiger partial charge in [-0.1, -0.05) is 6.92 Å². The maximum absolute atomic E-state index is 13.0. The van der Waals surface area contributed by atoms with Crippen LogP contribution >= 0.6 is 23.5 Å². The number of carbonyl (C=O) groups excluding carboxylic acids is 2. The molecule has 0 radical (unpaired) electrons. The van der Waals surface area contributed by atoms with Crippen molar-refractivity contribution >= 4 is 35.4 Å². The van der Waals surface area contributed by atoms with Gasteiger partial charge >= 0.3 is 29.6 Å². The molecule has 0 aromatic heterocycles. The number of hydrogen-bond donors (Lipinski definition) is 1. The topological polar surface area (TPSA) is 89.9 Å². The number of aliphatic carboxylic acids is 1. The molecule has 31 heavy (non-hydrogen) atoms. The van der Waals surface area contributed by atoms with Crippen LogP contribution in [0.15, 0.2) is 39.8 Å². The van der Waals surface area contributed by atoms with Gasteiger partial charge in [0.1, 0.15) is 5.82 Å². The van der Waals surface area contributed by atoms with Gasteiger partial charge in [0, 0.05) is 26.7 Å². The first-order valence-electron chi connectivity index (χ1n) is 9.91. The van der Waals surface area contributed by atoms with Crippen LogP contribution in [0.1, 0.15) is 20.3 Å². The molecule has 10 heteroatoms. The molecule has 2 fully saturated rings. The molecule has 162 valence electrons. The summed E-state index contributed by atoms with van der Waals surface area (Å²) >= 11 is 3.04. The minimum Gasteiger partial charge on any atom is -0.543 e. The van der Waals surface area contributed by atoms with Gasteiger partial charge in [-0.3, -0.25) is 4.79 Å². The average Bonchev–Trinajstić information content (AvgIpc) is 3.23. The number of aliphatic hydroxyl groups excluding tert-OH is 1. The van der Waals surface area contributed by atoms with Gasteiger partial charge in [0.2, 0.25) is 5.91 Å². The van der Waals surface area contributed by atoms with Crippen molar-refractivity contribution in [2.75, 3.05) is 12.4 Å². The number of rotatable bonds is 7. The van der Waals surface area contributed by atoms with Gasteiger partial charge in [-0.25, -0.2) is 4.39 Å². The zero-order valence-corrected chi connectivity index (χ0v) is 21.2. The van der Waals surface area contributed by atoms with E-state index in [1.807, 2.05) is 6.92 Å². The maximum Gasteiger partial charge on any atom is 1.00 e. The number of amides is 1. The molecule has 6 unspecified atom stereocenters. The van der Waals surface area contributed by atoms with E-state index in [9.17, 15) is 24.2 Å². The Labute approximate surface area is 211 Å². The summed E-state index contributed by atoms with van der Waals surface area (Å²) in [6.07, 6.45) is -0.0465. The van der Waals surface area contributed by atoms with Crippen molar-refractivity contribution in [2.24, 2.45) is 11.8 Å². The van der Waals surface area contributed by atoms with Crippen LogP contribution in [-0.2, 0) is 14.3 Å². The number of thioether (sulfide) groups is 2. The number of nitrogens with zero attached hydrogens (tertiary/aromatic N) is 1. The number of ether oxygens (including phenoxy) is 1. The van der Waals surface area contributed by atoms with Gasteiger partial charge in [-0.15, -0.1) is 23.5 Å². The molecule has 6 atom stereocenters. The second-order valence-corrected chi connectivity index (χ2v) is 10.4. The van der Waals surface area contributed by atoms with Crippen molar-refractivity contribution in [1.29, 1.82) is 0 Å². The summed E-state index contributed by atoms with van der Waals surface area (Å²) in [4.78, 5) is 27.1. The van der Waals surface area contributed by atoms with Crippen molar-refractivity contribution in [3.05, 3.63) is 40.7 Å². The summed E-state index contributed by atoms with van der Waals surface area (Å²) < 4.78 is 18.9.